The van der Waals surface area contributed by atoms with Gasteiger partial charge in [0.15, 0.2) is 11.7 Å². The lowest BCUT2D eigenvalue weighted by Crippen LogP contribution is -2.53. The van der Waals surface area contributed by atoms with Crippen LogP contribution in [-0.4, -0.2) is 115 Å². The molecule has 1 aromatic carbocycles. The molecule has 9 atom stereocenters. The molecule has 0 aromatic heterocycles. The third kappa shape index (κ3) is 12.9. The second-order valence-corrected chi connectivity index (χ2v) is 21.8. The van der Waals surface area contributed by atoms with Crippen molar-refractivity contribution in [2.75, 3.05) is 19.8 Å². The van der Waals surface area contributed by atoms with Crippen LogP contribution in [0.1, 0.15) is 57.3 Å². The molecule has 32 heteroatoms. The zero-order valence-corrected chi connectivity index (χ0v) is 42.1. The first-order valence-electron chi connectivity index (χ1n) is 22.4. The summed E-state index contributed by atoms with van der Waals surface area (Å²) in [6, 6.07) is 4.00. The number of hydrogen-bond donors (Lipinski definition) is 8. The largest absolute Gasteiger partial charge is 0.625 e. The summed E-state index contributed by atoms with van der Waals surface area (Å²) in [6.45, 7) is 3.05. The van der Waals surface area contributed by atoms with Gasteiger partial charge in [-0.3, -0.25) is 29.5 Å². The number of phosphoric ester groups is 1. The van der Waals surface area contributed by atoms with Crippen molar-refractivity contribution in [2.24, 2.45) is 16.6 Å². The molecule has 7 rings (SSSR count). The van der Waals surface area contributed by atoms with Gasteiger partial charge in [-0.05, 0) is 38.0 Å². The summed E-state index contributed by atoms with van der Waals surface area (Å²) >= 11 is 0. The van der Waals surface area contributed by atoms with E-state index >= 15 is 8.63 Å². The fraction of sp³-hybridized carbons (Fsp3) is 0.405. The molecule has 3 amide bonds. The van der Waals surface area contributed by atoms with Crippen molar-refractivity contribution in [3.63, 3.8) is 0 Å². The normalized spacial score (nSPS) is 25.6. The molecule has 0 bridgehead atoms. The number of benzene rings is 1. The van der Waals surface area contributed by atoms with Gasteiger partial charge in [0.25, 0.3) is 5.69 Å². The predicted molar refractivity (Wildman–Crippen MR) is 256 cm³/mol. The summed E-state index contributed by atoms with van der Waals surface area (Å²) in [5.41, 5.74) is 8.73. The van der Waals surface area contributed by atoms with Crippen molar-refractivity contribution in [1.82, 2.24) is 20.9 Å². The Balaban J connectivity index is 0.952. The highest BCUT2D eigenvalue weighted by Gasteiger charge is 2.57. The first kappa shape index (κ1) is 55.8. The van der Waals surface area contributed by atoms with E-state index in [-0.39, 0.29) is 61.7 Å². The van der Waals surface area contributed by atoms with Gasteiger partial charge in [0.1, 0.15) is 36.2 Å². The number of amides is 3. The first-order chi connectivity index (χ1) is 34.7. The van der Waals surface area contributed by atoms with Crippen molar-refractivity contribution in [3.8, 4) is 11.8 Å². The number of ether oxygens (including phenoxy) is 3. The van der Waals surface area contributed by atoms with Gasteiger partial charge in [0, 0.05) is 67.7 Å². The number of rotatable bonds is 20. The Hall–Kier alpha value is -5.98. The number of nitrogens with zero attached hydrogens (tertiary/aromatic N) is 4. The molecule has 1 saturated heterocycles. The molecule has 0 radical (unpaired) electrons. The van der Waals surface area contributed by atoms with Crippen LogP contribution in [0.4, 0.5) is 19.1 Å². The van der Waals surface area contributed by atoms with E-state index < -0.39 is 102 Å². The SMILES string of the molecule is C=CCOC1CC(N2C=C(C#CCNC(=O)OC(C)c3cc(CNC(=O)CCC4=[N+]5C(=CC6=C(C)C=C(C)C6[B-]5(F)F)C=C4)ccc3[N+](=O)[O-])C3C(=O)NC(N)=NC32)OC1COP(=O)(O)OP(=O)(O)OP(=O)(O)O. The molecule has 0 spiro atoms. The van der Waals surface area contributed by atoms with Gasteiger partial charge in [-0.1, -0.05) is 41.2 Å². The molecule has 398 valence electrons. The van der Waals surface area contributed by atoms with Gasteiger partial charge < -0.3 is 68.2 Å². The van der Waals surface area contributed by atoms with Crippen molar-refractivity contribution >= 4 is 65.6 Å². The molecule has 26 nitrogen and oxygen atoms in total. The number of nitrogens with two attached hydrogens (primary N) is 1. The summed E-state index contributed by atoms with van der Waals surface area (Å²) in [6.07, 6.45) is 2.96. The number of guanidine groups is 1. The minimum absolute atomic E-state index is 0.00340. The Morgan fingerprint density at radius 1 is 1.16 bits per heavy atom. The maximum absolute atomic E-state index is 15.9. The van der Waals surface area contributed by atoms with E-state index in [1.165, 1.54) is 42.3 Å². The maximum atomic E-state index is 15.9. The molecule has 5 aliphatic heterocycles. The van der Waals surface area contributed by atoms with E-state index in [9.17, 15) is 48.0 Å². The highest BCUT2D eigenvalue weighted by molar-refractivity contribution is 7.66. The number of hydrogen-bond acceptors (Lipinski definition) is 17. The monoisotopic (exact) mass is 1100 g/mol. The quantitative estimate of drug-likeness (QED) is 0.0230. The van der Waals surface area contributed by atoms with E-state index in [1.807, 2.05) is 0 Å². The molecule has 5 heterocycles. The average Bonchev–Trinajstić information content (AvgIpc) is 4.07. The van der Waals surface area contributed by atoms with E-state index in [0.717, 1.165) is 10.1 Å². The second-order valence-electron chi connectivity index (χ2n) is 17.4. The number of allylic oxidation sites excluding steroid dienone is 7. The molecular formula is C42H50BF2N8O18P3. The van der Waals surface area contributed by atoms with Gasteiger partial charge in [-0.25, -0.2) is 23.5 Å². The number of carbonyl (C=O) groups excluding carboxylic acids is 3. The van der Waals surface area contributed by atoms with E-state index in [1.54, 1.807) is 38.2 Å². The summed E-state index contributed by atoms with van der Waals surface area (Å²) in [7, 11) is -17.0. The number of alkyl carbamates (subject to hydrolysis) is 1. The van der Waals surface area contributed by atoms with Crippen LogP contribution in [0.2, 0.25) is 5.82 Å². The van der Waals surface area contributed by atoms with Gasteiger partial charge in [0.2, 0.25) is 11.8 Å². The van der Waals surface area contributed by atoms with Crippen molar-refractivity contribution in [2.45, 2.75) is 83.1 Å². The lowest BCUT2D eigenvalue weighted by atomic mass is 9.56. The van der Waals surface area contributed by atoms with Crippen LogP contribution in [0.5, 0.6) is 0 Å². The summed E-state index contributed by atoms with van der Waals surface area (Å²) in [5, 5.41) is 19.5. The number of carbonyl (C=O) groups is 3. The minimum Gasteiger partial charge on any atom is -0.441 e. The second kappa shape index (κ2) is 22.1. The Morgan fingerprint density at radius 3 is 2.61 bits per heavy atom. The Labute approximate surface area is 420 Å². The fourth-order valence-corrected chi connectivity index (χ4v) is 12.3. The van der Waals surface area contributed by atoms with Crippen LogP contribution in [0.15, 0.2) is 94.3 Å². The molecule has 1 fully saturated rings. The molecular weight excluding hydrogens is 1050 g/mol. The van der Waals surface area contributed by atoms with Crippen molar-refractivity contribution in [1.29, 1.82) is 0 Å². The van der Waals surface area contributed by atoms with Gasteiger partial charge >= 0.3 is 36.4 Å². The molecule has 1 aliphatic carbocycles. The van der Waals surface area contributed by atoms with Crippen LogP contribution in [0, 0.1) is 27.9 Å². The lowest BCUT2D eigenvalue weighted by molar-refractivity contribution is -0.386. The van der Waals surface area contributed by atoms with Crippen LogP contribution in [0.3, 0.4) is 0 Å². The van der Waals surface area contributed by atoms with Crippen molar-refractivity contribution < 1.29 is 93.0 Å². The van der Waals surface area contributed by atoms with Crippen LogP contribution >= 0.6 is 23.5 Å². The minimum atomic E-state index is -5.82. The van der Waals surface area contributed by atoms with Crippen LogP contribution in [0.25, 0.3) is 0 Å². The summed E-state index contributed by atoms with van der Waals surface area (Å²) in [4.78, 5) is 93.4. The van der Waals surface area contributed by atoms with Crippen molar-refractivity contribution in [3.05, 3.63) is 111 Å². The number of fused-ring (bicyclic) bond motifs is 3. The molecule has 6 aliphatic rings. The number of nitro groups is 1. The number of aliphatic imine (C=N–C) groups is 1. The highest BCUT2D eigenvalue weighted by atomic mass is 31.3. The average molecular weight is 1100 g/mol. The summed E-state index contributed by atoms with van der Waals surface area (Å²) in [5.74, 6) is 2.07. The van der Waals surface area contributed by atoms with E-state index in [0.29, 0.717) is 28.1 Å². The molecule has 74 heavy (non-hydrogen) atoms. The smallest absolute Gasteiger partial charge is 0.441 e. The van der Waals surface area contributed by atoms with Gasteiger partial charge in [-0.2, -0.15) is 8.62 Å². The zero-order valence-electron chi connectivity index (χ0n) is 39.4. The number of nitro benzene ring substituents is 1. The molecule has 9 N–H and O–H groups in total. The molecule has 0 saturated carbocycles. The third-order valence-electron chi connectivity index (χ3n) is 12.3. The van der Waals surface area contributed by atoms with Gasteiger partial charge in [-0.15, -0.1) is 6.58 Å². The number of nitrogens with one attached hydrogen (secondary N) is 3. The first-order valence-corrected chi connectivity index (χ1v) is 26.9. The Kier molecular flexibility index (Phi) is 16.6. The third-order valence-corrected chi connectivity index (χ3v) is 16.1. The Bertz CT molecular complexity index is 2990. The lowest BCUT2D eigenvalue weighted by Gasteiger charge is -2.34. The van der Waals surface area contributed by atoms with Crippen LogP contribution < -0.4 is 21.7 Å². The fourth-order valence-electron chi connectivity index (χ4n) is 9.25. The Morgan fingerprint density at radius 2 is 1.91 bits per heavy atom. The zero-order chi connectivity index (χ0) is 54.1. The van der Waals surface area contributed by atoms with E-state index in [2.05, 4.69) is 48.0 Å². The summed E-state index contributed by atoms with van der Waals surface area (Å²) < 4.78 is 97.7. The molecule has 9 unspecified atom stereocenters. The maximum Gasteiger partial charge on any atom is 0.625 e. The molecule has 1 aromatic rings. The standard InChI is InChI=1S/C42H50BF2N8O18P3/c1-5-15-66-33-19-36(69-34(33)22-67-73(62,63)71-74(64,65)70-72(59,60)61)51-21-27(37-39(51)49-41(46)50-40(37)55)7-6-14-47-42(56)68-25(4)31-17-26(8-12-32(31)53(57)58)20-48-35(54)13-11-28-9-10-29-18-30-23(2)16-24(3)38(30)43(44,45)52(28)29/h5,8-10,12,16-18,21,25,33-34,36-39H,1,11,13-15,19-20,22H2,2-4H3,(H,47,56)(H,48,54)(H,62,63)(H,64,65)(H2,59,60,61)(H3,46,49,50,55). The number of phosphoric acid groups is 3. The van der Waals surface area contributed by atoms with Gasteiger partial charge in [0.05, 0.1) is 36.3 Å². The van der Waals surface area contributed by atoms with Crippen LogP contribution in [-0.2, 0) is 57.2 Å². The van der Waals surface area contributed by atoms with E-state index in [4.69, 9.17) is 34.3 Å². The predicted octanol–water partition coefficient (Wildman–Crippen LogP) is 3.84. The topological polar surface area (TPSA) is 363 Å². The number of halogens is 2. The highest BCUT2D eigenvalue weighted by Crippen LogP contribution is 2.66.